The number of amides is 1. The summed E-state index contributed by atoms with van der Waals surface area (Å²) in [4.78, 5) is 28.0. The van der Waals surface area contributed by atoms with Gasteiger partial charge in [0.2, 0.25) is 0 Å². The van der Waals surface area contributed by atoms with Gasteiger partial charge >= 0.3 is 6.18 Å². The molecule has 0 aliphatic rings. The molecule has 0 atom stereocenters. The second kappa shape index (κ2) is 8.68. The number of alkyl halides is 3. The molecular formula is C20H17F3N4O2. The lowest BCUT2D eigenvalue weighted by atomic mass is 10.1. The van der Waals surface area contributed by atoms with Gasteiger partial charge in [0.25, 0.3) is 11.5 Å². The van der Waals surface area contributed by atoms with Crippen molar-refractivity contribution in [2.24, 2.45) is 0 Å². The Morgan fingerprint density at radius 2 is 1.83 bits per heavy atom. The molecule has 150 valence electrons. The first-order valence-corrected chi connectivity index (χ1v) is 8.78. The fourth-order valence-electron chi connectivity index (χ4n) is 2.62. The highest BCUT2D eigenvalue weighted by atomic mass is 19.4. The lowest BCUT2D eigenvalue weighted by Crippen LogP contribution is -2.28. The number of nitrogens with one attached hydrogen (secondary N) is 1. The average Bonchev–Trinajstić information content (AvgIpc) is 2.72. The van der Waals surface area contributed by atoms with Crippen LogP contribution in [-0.2, 0) is 12.7 Å². The van der Waals surface area contributed by atoms with E-state index in [-0.39, 0.29) is 24.2 Å². The van der Waals surface area contributed by atoms with E-state index in [0.717, 1.165) is 29.8 Å². The highest BCUT2D eigenvalue weighted by molar-refractivity contribution is 5.94. The van der Waals surface area contributed by atoms with Gasteiger partial charge in [-0.15, -0.1) is 0 Å². The third-order valence-corrected chi connectivity index (χ3v) is 4.13. The highest BCUT2D eigenvalue weighted by Gasteiger charge is 2.30. The van der Waals surface area contributed by atoms with E-state index < -0.39 is 17.6 Å². The number of hydrogen-bond donors (Lipinski definition) is 1. The number of pyridine rings is 1. The lowest BCUT2D eigenvalue weighted by Gasteiger charge is -2.09. The molecule has 29 heavy (non-hydrogen) atoms. The van der Waals surface area contributed by atoms with Crippen molar-refractivity contribution in [3.05, 3.63) is 82.4 Å². The molecule has 0 unspecified atom stereocenters. The van der Waals surface area contributed by atoms with Crippen molar-refractivity contribution in [1.82, 2.24) is 20.1 Å². The van der Waals surface area contributed by atoms with Gasteiger partial charge in [0.15, 0.2) is 0 Å². The van der Waals surface area contributed by atoms with Gasteiger partial charge in [-0.05, 0) is 48.9 Å². The number of carbonyl (C=O) groups is 1. The molecule has 0 saturated carbocycles. The number of carbonyl (C=O) groups excluding carboxylic acids is 1. The molecule has 3 aromatic rings. The monoisotopic (exact) mass is 402 g/mol. The number of aromatic nitrogens is 3. The number of aryl methyl sites for hydroxylation is 1. The highest BCUT2D eigenvalue weighted by Crippen LogP contribution is 2.29. The van der Waals surface area contributed by atoms with Gasteiger partial charge < -0.3 is 5.32 Å². The van der Waals surface area contributed by atoms with Crippen LogP contribution in [0.1, 0.15) is 22.3 Å². The second-order valence-electron chi connectivity index (χ2n) is 6.21. The first-order chi connectivity index (χ1) is 13.8. The van der Waals surface area contributed by atoms with Gasteiger partial charge in [0.1, 0.15) is 0 Å². The van der Waals surface area contributed by atoms with Crippen LogP contribution in [0.4, 0.5) is 13.2 Å². The molecule has 9 heteroatoms. The Balaban J connectivity index is 1.55. The normalized spacial score (nSPS) is 11.3. The summed E-state index contributed by atoms with van der Waals surface area (Å²) in [5.41, 5.74) is 0.426. The average molecular weight is 402 g/mol. The zero-order valence-corrected chi connectivity index (χ0v) is 15.2. The fraction of sp³-hybridized carbons (Fsp3) is 0.200. The lowest BCUT2D eigenvalue weighted by molar-refractivity contribution is -0.137. The first-order valence-electron chi connectivity index (χ1n) is 8.78. The summed E-state index contributed by atoms with van der Waals surface area (Å²) in [7, 11) is 0. The molecule has 1 amide bonds. The van der Waals surface area contributed by atoms with E-state index in [1.54, 1.807) is 24.5 Å². The zero-order chi connectivity index (χ0) is 20.9. The summed E-state index contributed by atoms with van der Waals surface area (Å²) in [6.07, 6.45) is -0.740. The molecule has 0 aliphatic carbocycles. The van der Waals surface area contributed by atoms with Crippen LogP contribution in [0.2, 0.25) is 0 Å². The Morgan fingerprint density at radius 3 is 2.48 bits per heavy atom. The van der Waals surface area contributed by atoms with Crippen molar-refractivity contribution in [3.63, 3.8) is 0 Å². The first kappa shape index (κ1) is 20.2. The largest absolute Gasteiger partial charge is 0.416 e. The summed E-state index contributed by atoms with van der Waals surface area (Å²) in [5.74, 6) is -0.483. The van der Waals surface area contributed by atoms with E-state index in [4.69, 9.17) is 0 Å². The number of nitrogens with zero attached hydrogens (tertiary/aromatic N) is 3. The predicted octanol–water partition coefficient (Wildman–Crippen LogP) is 3.14. The second-order valence-corrected chi connectivity index (χ2v) is 6.21. The smallest absolute Gasteiger partial charge is 0.352 e. The van der Waals surface area contributed by atoms with Crippen molar-refractivity contribution in [3.8, 4) is 11.3 Å². The maximum Gasteiger partial charge on any atom is 0.416 e. The molecule has 2 heterocycles. The van der Waals surface area contributed by atoms with Crippen LogP contribution >= 0.6 is 0 Å². The van der Waals surface area contributed by atoms with E-state index in [1.807, 2.05) is 6.07 Å². The van der Waals surface area contributed by atoms with Gasteiger partial charge in [0.05, 0.1) is 11.3 Å². The summed E-state index contributed by atoms with van der Waals surface area (Å²) in [6.45, 7) is 0.519. The van der Waals surface area contributed by atoms with Crippen LogP contribution in [0.15, 0.2) is 65.7 Å². The molecule has 0 fully saturated rings. The van der Waals surface area contributed by atoms with Gasteiger partial charge in [-0.25, -0.2) is 4.68 Å². The van der Waals surface area contributed by atoms with E-state index in [1.165, 1.54) is 10.7 Å². The van der Waals surface area contributed by atoms with E-state index >= 15 is 0 Å². The van der Waals surface area contributed by atoms with Crippen LogP contribution in [0.3, 0.4) is 0 Å². The van der Waals surface area contributed by atoms with Crippen molar-refractivity contribution < 1.29 is 18.0 Å². The van der Waals surface area contributed by atoms with Crippen LogP contribution in [-0.4, -0.2) is 27.2 Å². The maximum absolute atomic E-state index is 12.6. The van der Waals surface area contributed by atoms with E-state index in [9.17, 15) is 22.8 Å². The standard InChI is InChI=1S/C20H17F3N4O2/c21-20(22,23)16-6-4-14(5-7-16)19(29)25-11-2-12-27-18(28)9-8-17(26-27)15-3-1-10-24-13-15/h1,3-10,13H,2,11-12H2,(H,25,29). The van der Waals surface area contributed by atoms with Crippen molar-refractivity contribution in [1.29, 1.82) is 0 Å². The van der Waals surface area contributed by atoms with Gasteiger partial charge in [0, 0.05) is 42.7 Å². The van der Waals surface area contributed by atoms with Crippen molar-refractivity contribution >= 4 is 5.91 Å². The Morgan fingerprint density at radius 1 is 1.07 bits per heavy atom. The molecule has 0 spiro atoms. The number of halogens is 3. The predicted molar refractivity (Wildman–Crippen MR) is 100 cm³/mol. The van der Waals surface area contributed by atoms with Crippen molar-refractivity contribution in [2.45, 2.75) is 19.1 Å². The fourth-order valence-corrected chi connectivity index (χ4v) is 2.62. The molecule has 1 aromatic carbocycles. The molecule has 1 N–H and O–H groups in total. The SMILES string of the molecule is O=C(NCCCn1nc(-c2cccnc2)ccc1=O)c1ccc(C(F)(F)F)cc1. The molecule has 2 aromatic heterocycles. The maximum atomic E-state index is 12.6. The molecule has 3 rings (SSSR count). The number of benzene rings is 1. The van der Waals surface area contributed by atoms with Crippen LogP contribution in [0.5, 0.6) is 0 Å². The molecular weight excluding hydrogens is 385 g/mol. The Bertz CT molecular complexity index is 1030. The van der Waals surface area contributed by atoms with Gasteiger partial charge in [-0.1, -0.05) is 0 Å². The van der Waals surface area contributed by atoms with E-state index in [2.05, 4.69) is 15.4 Å². The summed E-state index contributed by atoms with van der Waals surface area (Å²) in [6, 6.07) is 10.6. The van der Waals surface area contributed by atoms with Gasteiger partial charge in [-0.3, -0.25) is 14.6 Å². The Hall–Kier alpha value is -3.49. The summed E-state index contributed by atoms with van der Waals surface area (Å²) < 4.78 is 39.0. The van der Waals surface area contributed by atoms with Crippen LogP contribution in [0, 0.1) is 0 Å². The molecule has 6 nitrogen and oxygen atoms in total. The van der Waals surface area contributed by atoms with E-state index in [0.29, 0.717) is 12.1 Å². The quantitative estimate of drug-likeness (QED) is 0.643. The number of hydrogen-bond acceptors (Lipinski definition) is 4. The Kier molecular flexibility index (Phi) is 6.06. The molecule has 0 aliphatic heterocycles. The third kappa shape index (κ3) is 5.28. The minimum Gasteiger partial charge on any atom is -0.352 e. The summed E-state index contributed by atoms with van der Waals surface area (Å²) in [5, 5.41) is 6.91. The minimum atomic E-state index is -4.44. The topological polar surface area (TPSA) is 76.9 Å². The summed E-state index contributed by atoms with van der Waals surface area (Å²) >= 11 is 0. The van der Waals surface area contributed by atoms with Crippen LogP contribution in [0.25, 0.3) is 11.3 Å². The Labute approximate surface area is 164 Å². The van der Waals surface area contributed by atoms with Gasteiger partial charge in [-0.2, -0.15) is 18.3 Å². The minimum absolute atomic E-state index is 0.131. The zero-order valence-electron chi connectivity index (χ0n) is 15.2. The molecule has 0 saturated heterocycles. The van der Waals surface area contributed by atoms with Crippen LogP contribution < -0.4 is 10.9 Å². The number of rotatable bonds is 6. The van der Waals surface area contributed by atoms with Crippen molar-refractivity contribution in [2.75, 3.05) is 6.54 Å². The molecule has 0 bridgehead atoms. The molecule has 0 radical (unpaired) electrons. The third-order valence-electron chi connectivity index (χ3n) is 4.13.